The molecule has 0 amide bonds. The summed E-state index contributed by atoms with van der Waals surface area (Å²) < 4.78 is 16.0. The lowest BCUT2D eigenvalue weighted by atomic mass is 9.48. The molecule has 4 aliphatic carbocycles. The maximum Gasteiger partial charge on any atom is 0.306 e. The van der Waals surface area contributed by atoms with Crippen LogP contribution in [0.2, 0.25) is 0 Å². The van der Waals surface area contributed by atoms with Gasteiger partial charge < -0.3 is 14.2 Å². The van der Waals surface area contributed by atoms with Crippen LogP contribution in [0, 0.1) is 23.2 Å². The summed E-state index contributed by atoms with van der Waals surface area (Å²) in [5.41, 5.74) is -0.188. The summed E-state index contributed by atoms with van der Waals surface area (Å²) >= 11 is 0. The summed E-state index contributed by atoms with van der Waals surface area (Å²) in [6.07, 6.45) is 7.81. The minimum atomic E-state index is -0.309. The Morgan fingerprint density at radius 1 is 0.964 bits per heavy atom. The Labute approximate surface area is 166 Å². The van der Waals surface area contributed by atoms with Crippen LogP contribution in [0.3, 0.4) is 0 Å². The van der Waals surface area contributed by atoms with E-state index in [4.69, 9.17) is 14.2 Å². The van der Waals surface area contributed by atoms with Crippen molar-refractivity contribution in [3.05, 3.63) is 24.3 Å². The molecule has 4 fully saturated rings. The van der Waals surface area contributed by atoms with Gasteiger partial charge in [0.05, 0.1) is 13.7 Å². The molecule has 0 heterocycles. The zero-order chi connectivity index (χ0) is 19.6. The number of hydrogen-bond donors (Lipinski definition) is 0. The Balaban J connectivity index is 1.16. The molecule has 152 valence electrons. The second kappa shape index (κ2) is 8.14. The summed E-state index contributed by atoms with van der Waals surface area (Å²) in [6, 6.07) is 7.34. The van der Waals surface area contributed by atoms with Gasteiger partial charge in [-0.1, -0.05) is 0 Å². The number of esters is 1. The quantitative estimate of drug-likeness (QED) is 0.471. The third-order valence-corrected chi connectivity index (χ3v) is 6.85. The van der Waals surface area contributed by atoms with Gasteiger partial charge in [0.2, 0.25) is 0 Å². The molecule has 4 aliphatic rings. The third kappa shape index (κ3) is 4.18. The smallest absolute Gasteiger partial charge is 0.306 e. The molecular weight excluding hydrogens is 356 g/mol. The topological polar surface area (TPSA) is 61.8 Å². The third-order valence-electron chi connectivity index (χ3n) is 6.85. The average molecular weight is 386 g/mol. The summed E-state index contributed by atoms with van der Waals surface area (Å²) in [5, 5.41) is 0. The van der Waals surface area contributed by atoms with E-state index in [9.17, 15) is 9.59 Å². The van der Waals surface area contributed by atoms with E-state index >= 15 is 0 Å². The minimum Gasteiger partial charge on any atom is -0.497 e. The molecule has 5 nitrogen and oxygen atoms in total. The predicted molar refractivity (Wildman–Crippen MR) is 104 cm³/mol. The van der Waals surface area contributed by atoms with Crippen LogP contribution >= 0.6 is 0 Å². The number of rotatable bonds is 9. The number of hydrogen-bond acceptors (Lipinski definition) is 5. The van der Waals surface area contributed by atoms with Crippen LogP contribution in [-0.4, -0.2) is 32.1 Å². The fraction of sp³-hybridized carbons (Fsp3) is 0.652. The average Bonchev–Trinajstić information content (AvgIpc) is 2.69. The Hall–Kier alpha value is -2.04. The molecule has 0 spiro atoms. The Kier molecular flexibility index (Phi) is 5.61. The largest absolute Gasteiger partial charge is 0.497 e. The second-order valence-corrected chi connectivity index (χ2v) is 8.91. The molecule has 4 saturated carbocycles. The molecule has 4 bridgehead atoms. The molecular formula is C23H30O5. The number of ether oxygens (including phenoxy) is 3. The van der Waals surface area contributed by atoms with E-state index in [0.717, 1.165) is 48.5 Å². The first kappa shape index (κ1) is 19.3. The van der Waals surface area contributed by atoms with Crippen molar-refractivity contribution in [2.45, 2.75) is 51.4 Å². The number of methoxy groups -OCH3 is 1. The van der Waals surface area contributed by atoms with Crippen LogP contribution < -0.4 is 9.47 Å². The van der Waals surface area contributed by atoms with Crippen LogP contribution in [-0.2, 0) is 14.3 Å². The molecule has 0 N–H and O–H groups in total. The van der Waals surface area contributed by atoms with Gasteiger partial charge >= 0.3 is 5.97 Å². The van der Waals surface area contributed by atoms with Crippen molar-refractivity contribution in [2.75, 3.05) is 20.3 Å². The Bertz CT molecular complexity index is 673. The maximum atomic E-state index is 12.9. The zero-order valence-electron chi connectivity index (χ0n) is 16.7. The van der Waals surface area contributed by atoms with E-state index in [1.54, 1.807) is 7.11 Å². The lowest BCUT2D eigenvalue weighted by molar-refractivity contribution is -0.157. The molecule has 0 unspecified atom stereocenters. The Morgan fingerprint density at radius 3 is 2.11 bits per heavy atom. The normalized spacial score (nSPS) is 30.1. The van der Waals surface area contributed by atoms with Gasteiger partial charge in [-0.15, -0.1) is 0 Å². The predicted octanol–water partition coefficient (Wildman–Crippen LogP) is 4.18. The highest BCUT2D eigenvalue weighted by molar-refractivity contribution is 5.88. The van der Waals surface area contributed by atoms with Crippen molar-refractivity contribution in [1.29, 1.82) is 0 Å². The van der Waals surface area contributed by atoms with Crippen molar-refractivity contribution in [3.8, 4) is 11.5 Å². The summed E-state index contributed by atoms with van der Waals surface area (Å²) in [6.45, 7) is 0.384. The molecule has 0 aliphatic heterocycles. The monoisotopic (exact) mass is 386 g/mol. The van der Waals surface area contributed by atoms with E-state index in [1.807, 2.05) is 24.3 Å². The zero-order valence-corrected chi connectivity index (χ0v) is 16.7. The number of ketones is 1. The van der Waals surface area contributed by atoms with E-state index in [1.165, 1.54) is 19.3 Å². The van der Waals surface area contributed by atoms with Gasteiger partial charge in [-0.2, -0.15) is 0 Å². The Morgan fingerprint density at radius 2 is 1.54 bits per heavy atom. The van der Waals surface area contributed by atoms with Crippen molar-refractivity contribution in [3.63, 3.8) is 0 Å². The van der Waals surface area contributed by atoms with Crippen LogP contribution in [0.1, 0.15) is 51.4 Å². The molecule has 1 aromatic rings. The van der Waals surface area contributed by atoms with E-state index in [0.29, 0.717) is 13.0 Å². The van der Waals surface area contributed by atoms with Crippen molar-refractivity contribution in [1.82, 2.24) is 0 Å². The van der Waals surface area contributed by atoms with Gasteiger partial charge in [0, 0.05) is 11.8 Å². The molecule has 0 aromatic heterocycles. The standard InChI is InChI=1S/C23H30O5/c1-26-19-4-6-20(7-5-19)27-8-2-3-22(25)28-15-21(24)23-12-16-9-17(13-23)11-18(10-16)14-23/h4-7,16-18H,2-3,8-15H2,1H3. The van der Waals surface area contributed by atoms with E-state index in [-0.39, 0.29) is 30.2 Å². The number of benzene rings is 1. The fourth-order valence-electron chi connectivity index (χ4n) is 5.90. The lowest BCUT2D eigenvalue weighted by Crippen LogP contribution is -2.51. The first-order chi connectivity index (χ1) is 13.6. The van der Waals surface area contributed by atoms with Crippen LogP contribution in [0.4, 0.5) is 0 Å². The molecule has 5 rings (SSSR count). The summed E-state index contributed by atoms with van der Waals surface area (Å²) in [7, 11) is 1.62. The summed E-state index contributed by atoms with van der Waals surface area (Å²) in [5.74, 6) is 3.54. The number of carbonyl (C=O) groups is 2. The summed E-state index contributed by atoms with van der Waals surface area (Å²) in [4.78, 5) is 24.9. The van der Waals surface area contributed by atoms with Gasteiger partial charge in [0.25, 0.3) is 0 Å². The highest BCUT2D eigenvalue weighted by atomic mass is 16.5. The molecule has 0 radical (unpaired) electrons. The van der Waals surface area contributed by atoms with Gasteiger partial charge in [-0.05, 0) is 87.0 Å². The van der Waals surface area contributed by atoms with E-state index in [2.05, 4.69) is 0 Å². The van der Waals surface area contributed by atoms with Gasteiger partial charge in [0.1, 0.15) is 11.5 Å². The van der Waals surface area contributed by atoms with Gasteiger partial charge in [-0.3, -0.25) is 9.59 Å². The van der Waals surface area contributed by atoms with Crippen molar-refractivity contribution < 1.29 is 23.8 Å². The van der Waals surface area contributed by atoms with Crippen LogP contribution in [0.25, 0.3) is 0 Å². The van der Waals surface area contributed by atoms with Crippen molar-refractivity contribution in [2.24, 2.45) is 23.2 Å². The van der Waals surface area contributed by atoms with Crippen LogP contribution in [0.5, 0.6) is 11.5 Å². The first-order valence-electron chi connectivity index (χ1n) is 10.5. The molecule has 0 saturated heterocycles. The van der Waals surface area contributed by atoms with Crippen molar-refractivity contribution >= 4 is 11.8 Å². The second-order valence-electron chi connectivity index (χ2n) is 8.91. The van der Waals surface area contributed by atoms with Gasteiger partial charge in [-0.25, -0.2) is 0 Å². The first-order valence-corrected chi connectivity index (χ1v) is 10.5. The van der Waals surface area contributed by atoms with E-state index < -0.39 is 0 Å². The number of Topliss-reactive ketones (excluding diaryl/α,β-unsaturated/α-hetero) is 1. The lowest BCUT2D eigenvalue weighted by Gasteiger charge is -2.55. The molecule has 1 aromatic carbocycles. The molecule has 5 heteroatoms. The highest BCUT2D eigenvalue weighted by Gasteiger charge is 2.54. The minimum absolute atomic E-state index is 0.0513. The number of carbonyl (C=O) groups excluding carboxylic acids is 2. The molecule has 0 atom stereocenters. The maximum absolute atomic E-state index is 12.9. The fourth-order valence-corrected chi connectivity index (χ4v) is 5.90. The SMILES string of the molecule is COc1ccc(OCCCC(=O)OCC(=O)C23CC4CC(CC(C4)C2)C3)cc1. The highest BCUT2D eigenvalue weighted by Crippen LogP contribution is 2.60. The molecule has 28 heavy (non-hydrogen) atoms. The van der Waals surface area contributed by atoms with Crippen LogP contribution in [0.15, 0.2) is 24.3 Å². The van der Waals surface area contributed by atoms with Gasteiger partial charge in [0.15, 0.2) is 12.4 Å².